The Kier molecular flexibility index (Phi) is 5.99. The zero-order valence-electron chi connectivity index (χ0n) is 8.58. The van der Waals surface area contributed by atoms with Crippen LogP contribution in [-0.2, 0) is 6.54 Å². The van der Waals surface area contributed by atoms with Crippen LogP contribution >= 0.6 is 23.1 Å². The highest BCUT2D eigenvalue weighted by Gasteiger charge is 1.97. The highest BCUT2D eigenvalue weighted by Crippen LogP contribution is 2.14. The predicted molar refractivity (Wildman–Crippen MR) is 68.3 cm³/mol. The van der Waals surface area contributed by atoms with Crippen LogP contribution in [0.4, 0.5) is 0 Å². The standard InChI is InChI=1S/C11H17NS2/c1-3-6-13-8-5-12-9-11-10(2)4-7-14-11/h3-4,7,12H,1,5-6,8-9H2,2H3. The molecular formula is C11H17NS2. The van der Waals surface area contributed by atoms with E-state index in [0.717, 1.165) is 24.6 Å². The maximum Gasteiger partial charge on any atom is 0.0302 e. The Morgan fingerprint density at radius 3 is 3.14 bits per heavy atom. The lowest BCUT2D eigenvalue weighted by molar-refractivity contribution is 0.738. The van der Waals surface area contributed by atoms with E-state index < -0.39 is 0 Å². The first-order valence-corrected chi connectivity index (χ1v) is 6.80. The topological polar surface area (TPSA) is 12.0 Å². The van der Waals surface area contributed by atoms with Crippen molar-refractivity contribution >= 4 is 23.1 Å². The summed E-state index contributed by atoms with van der Waals surface area (Å²) in [5.41, 5.74) is 1.40. The summed E-state index contributed by atoms with van der Waals surface area (Å²) in [7, 11) is 0. The minimum atomic E-state index is 1.01. The summed E-state index contributed by atoms with van der Waals surface area (Å²) in [6.45, 7) is 7.95. The molecule has 0 unspecified atom stereocenters. The number of aryl methyl sites for hydroxylation is 1. The third-order valence-corrected chi connectivity index (χ3v) is 3.90. The summed E-state index contributed by atoms with van der Waals surface area (Å²) in [5.74, 6) is 2.22. The molecule has 0 aliphatic rings. The van der Waals surface area contributed by atoms with Crippen molar-refractivity contribution in [2.24, 2.45) is 0 Å². The van der Waals surface area contributed by atoms with Crippen molar-refractivity contribution in [1.29, 1.82) is 0 Å². The van der Waals surface area contributed by atoms with E-state index in [1.165, 1.54) is 10.4 Å². The Bertz CT molecular complexity index is 268. The van der Waals surface area contributed by atoms with Crippen LogP contribution in [0.3, 0.4) is 0 Å². The molecule has 1 heterocycles. The van der Waals surface area contributed by atoms with Gasteiger partial charge in [-0.05, 0) is 23.9 Å². The first-order chi connectivity index (χ1) is 6.84. The maximum atomic E-state index is 3.69. The fourth-order valence-electron chi connectivity index (χ4n) is 1.10. The minimum absolute atomic E-state index is 1.01. The molecule has 0 radical (unpaired) electrons. The van der Waals surface area contributed by atoms with Crippen LogP contribution in [0.25, 0.3) is 0 Å². The Morgan fingerprint density at radius 2 is 2.50 bits per heavy atom. The van der Waals surface area contributed by atoms with E-state index in [2.05, 4.69) is 30.3 Å². The highest BCUT2D eigenvalue weighted by atomic mass is 32.2. The summed E-state index contributed by atoms with van der Waals surface area (Å²) >= 11 is 3.75. The van der Waals surface area contributed by atoms with Crippen LogP contribution < -0.4 is 5.32 Å². The zero-order chi connectivity index (χ0) is 10.2. The van der Waals surface area contributed by atoms with Crippen LogP contribution in [0.1, 0.15) is 10.4 Å². The predicted octanol–water partition coefficient (Wildman–Crippen LogP) is 3.07. The second kappa shape index (κ2) is 7.10. The van der Waals surface area contributed by atoms with Crippen LogP contribution in [0.5, 0.6) is 0 Å². The van der Waals surface area contributed by atoms with E-state index in [0.29, 0.717) is 0 Å². The lowest BCUT2D eigenvalue weighted by atomic mass is 10.3. The average Bonchev–Trinajstić information content (AvgIpc) is 2.58. The number of nitrogens with one attached hydrogen (secondary N) is 1. The Labute approximate surface area is 94.6 Å². The van der Waals surface area contributed by atoms with Crippen LogP contribution in [-0.4, -0.2) is 18.1 Å². The number of rotatable bonds is 7. The number of thiophene rings is 1. The largest absolute Gasteiger partial charge is 0.311 e. The second-order valence-corrected chi connectivity index (χ2v) is 5.22. The molecule has 1 nitrogen and oxygen atoms in total. The van der Waals surface area contributed by atoms with Gasteiger partial charge in [-0.25, -0.2) is 0 Å². The Hall–Kier alpha value is -0.250. The Balaban J connectivity index is 2.04. The van der Waals surface area contributed by atoms with Crippen molar-refractivity contribution in [3.05, 3.63) is 34.5 Å². The highest BCUT2D eigenvalue weighted by molar-refractivity contribution is 7.99. The van der Waals surface area contributed by atoms with Gasteiger partial charge in [-0.3, -0.25) is 0 Å². The molecule has 1 rings (SSSR count). The van der Waals surface area contributed by atoms with Crippen molar-refractivity contribution in [3.8, 4) is 0 Å². The molecule has 0 atom stereocenters. The van der Waals surface area contributed by atoms with Crippen molar-refractivity contribution in [1.82, 2.24) is 5.32 Å². The molecule has 0 aromatic carbocycles. The second-order valence-electron chi connectivity index (χ2n) is 3.07. The van der Waals surface area contributed by atoms with E-state index in [1.807, 2.05) is 29.2 Å². The lowest BCUT2D eigenvalue weighted by Gasteiger charge is -2.02. The van der Waals surface area contributed by atoms with Gasteiger partial charge < -0.3 is 5.32 Å². The van der Waals surface area contributed by atoms with E-state index in [-0.39, 0.29) is 0 Å². The number of thioether (sulfide) groups is 1. The molecule has 3 heteroatoms. The van der Waals surface area contributed by atoms with Gasteiger partial charge in [0.15, 0.2) is 0 Å². The van der Waals surface area contributed by atoms with E-state index in [9.17, 15) is 0 Å². The molecule has 1 aromatic heterocycles. The summed E-state index contributed by atoms with van der Waals surface area (Å²) in [5, 5.41) is 5.59. The molecule has 0 aliphatic heterocycles. The molecule has 1 N–H and O–H groups in total. The van der Waals surface area contributed by atoms with Gasteiger partial charge in [-0.1, -0.05) is 6.08 Å². The van der Waals surface area contributed by atoms with Gasteiger partial charge in [0, 0.05) is 29.5 Å². The van der Waals surface area contributed by atoms with Crippen molar-refractivity contribution < 1.29 is 0 Å². The first-order valence-electron chi connectivity index (χ1n) is 4.77. The van der Waals surface area contributed by atoms with Crippen molar-refractivity contribution in [2.45, 2.75) is 13.5 Å². The molecule has 0 spiro atoms. The SMILES string of the molecule is C=CCSCCNCc1sccc1C. The average molecular weight is 227 g/mol. The zero-order valence-corrected chi connectivity index (χ0v) is 10.2. The van der Waals surface area contributed by atoms with Gasteiger partial charge >= 0.3 is 0 Å². The normalized spacial score (nSPS) is 10.4. The van der Waals surface area contributed by atoms with Gasteiger partial charge in [-0.2, -0.15) is 11.8 Å². The van der Waals surface area contributed by atoms with Gasteiger partial charge in [0.05, 0.1) is 0 Å². The summed E-state index contributed by atoms with van der Waals surface area (Å²) < 4.78 is 0. The summed E-state index contributed by atoms with van der Waals surface area (Å²) in [6, 6.07) is 2.17. The minimum Gasteiger partial charge on any atom is -0.311 e. The van der Waals surface area contributed by atoms with E-state index in [1.54, 1.807) is 0 Å². The van der Waals surface area contributed by atoms with Gasteiger partial charge in [-0.15, -0.1) is 17.9 Å². The Morgan fingerprint density at radius 1 is 1.64 bits per heavy atom. The van der Waals surface area contributed by atoms with Gasteiger partial charge in [0.25, 0.3) is 0 Å². The molecule has 78 valence electrons. The summed E-state index contributed by atoms with van der Waals surface area (Å²) in [6.07, 6.45) is 1.95. The summed E-state index contributed by atoms with van der Waals surface area (Å²) in [4.78, 5) is 1.46. The van der Waals surface area contributed by atoms with E-state index in [4.69, 9.17) is 0 Å². The molecular weight excluding hydrogens is 210 g/mol. The fraction of sp³-hybridized carbons (Fsp3) is 0.455. The third-order valence-electron chi connectivity index (χ3n) is 1.91. The van der Waals surface area contributed by atoms with Crippen LogP contribution in [0.2, 0.25) is 0 Å². The monoisotopic (exact) mass is 227 g/mol. The van der Waals surface area contributed by atoms with E-state index >= 15 is 0 Å². The molecule has 0 saturated carbocycles. The molecule has 14 heavy (non-hydrogen) atoms. The van der Waals surface area contributed by atoms with Gasteiger partial charge in [0.2, 0.25) is 0 Å². The lowest BCUT2D eigenvalue weighted by Crippen LogP contribution is -2.16. The van der Waals surface area contributed by atoms with Crippen molar-refractivity contribution in [2.75, 3.05) is 18.1 Å². The molecule has 0 saturated heterocycles. The van der Waals surface area contributed by atoms with Crippen LogP contribution in [0, 0.1) is 6.92 Å². The molecule has 0 aliphatic carbocycles. The maximum absolute atomic E-state index is 3.69. The molecule has 0 fully saturated rings. The van der Waals surface area contributed by atoms with Gasteiger partial charge in [0.1, 0.15) is 0 Å². The fourth-order valence-corrected chi connectivity index (χ4v) is 2.60. The number of hydrogen-bond donors (Lipinski definition) is 1. The van der Waals surface area contributed by atoms with Crippen LogP contribution in [0.15, 0.2) is 24.1 Å². The first kappa shape index (κ1) is 11.8. The van der Waals surface area contributed by atoms with Crippen molar-refractivity contribution in [3.63, 3.8) is 0 Å². The third kappa shape index (κ3) is 4.31. The quantitative estimate of drug-likeness (QED) is 0.567. The molecule has 0 amide bonds. The molecule has 0 bridgehead atoms. The smallest absolute Gasteiger partial charge is 0.0302 e. The molecule has 1 aromatic rings. The number of hydrogen-bond acceptors (Lipinski definition) is 3.